The average Bonchev–Trinajstić information content (AvgIpc) is 2.35. The van der Waals surface area contributed by atoms with Gasteiger partial charge in [0.1, 0.15) is 0 Å². The van der Waals surface area contributed by atoms with Gasteiger partial charge in [-0.15, -0.1) is 0 Å². The van der Waals surface area contributed by atoms with Gasteiger partial charge in [-0.2, -0.15) is 0 Å². The van der Waals surface area contributed by atoms with E-state index in [9.17, 15) is 9.90 Å². The predicted molar refractivity (Wildman–Crippen MR) is 79.0 cm³/mol. The van der Waals surface area contributed by atoms with Crippen LogP contribution in [0.2, 0.25) is 0 Å². The first kappa shape index (κ1) is 14.4. The molecule has 1 amide bonds. The van der Waals surface area contributed by atoms with Gasteiger partial charge in [-0.3, -0.25) is 4.79 Å². The van der Waals surface area contributed by atoms with Gasteiger partial charge in [-0.1, -0.05) is 13.8 Å². The van der Waals surface area contributed by atoms with E-state index in [4.69, 9.17) is 0 Å². The largest absolute Gasteiger partial charge is 0.394 e. The van der Waals surface area contributed by atoms with Crippen LogP contribution < -0.4 is 5.32 Å². The van der Waals surface area contributed by atoms with E-state index in [0.717, 1.165) is 18.3 Å². The lowest BCUT2D eigenvalue weighted by Crippen LogP contribution is -2.53. The molecule has 1 atom stereocenters. The summed E-state index contributed by atoms with van der Waals surface area (Å²) in [4.78, 5) is 12.7. The Morgan fingerprint density at radius 2 is 1.65 bits per heavy atom. The first-order valence-corrected chi connectivity index (χ1v) is 8.48. The Morgan fingerprint density at radius 1 is 1.10 bits per heavy atom. The molecule has 2 N–H and O–H groups in total. The Labute approximate surface area is 122 Å². The molecule has 0 aliphatic heterocycles. The molecule has 4 bridgehead atoms. The fourth-order valence-electron chi connectivity index (χ4n) is 5.40. The molecular formula is C17H29NO2. The maximum atomic E-state index is 12.7. The van der Waals surface area contributed by atoms with Crippen molar-refractivity contribution in [1.29, 1.82) is 0 Å². The molecule has 4 rings (SSSR count). The average molecular weight is 279 g/mol. The lowest BCUT2D eigenvalue weighted by Gasteiger charge is -2.53. The first-order valence-electron chi connectivity index (χ1n) is 8.48. The lowest BCUT2D eigenvalue weighted by molar-refractivity contribution is -0.139. The smallest absolute Gasteiger partial charge is 0.223 e. The first-order chi connectivity index (χ1) is 9.56. The highest BCUT2D eigenvalue weighted by molar-refractivity contribution is 5.80. The van der Waals surface area contributed by atoms with E-state index < -0.39 is 0 Å². The molecule has 4 aliphatic rings. The van der Waals surface area contributed by atoms with Crippen LogP contribution in [0.15, 0.2) is 0 Å². The molecule has 114 valence electrons. The molecule has 0 saturated heterocycles. The van der Waals surface area contributed by atoms with Gasteiger partial charge in [0.25, 0.3) is 0 Å². The van der Waals surface area contributed by atoms with Crippen LogP contribution in [0, 0.1) is 35.5 Å². The summed E-state index contributed by atoms with van der Waals surface area (Å²) in [5.41, 5.74) is 0. The molecule has 4 fully saturated rings. The quantitative estimate of drug-likeness (QED) is 0.812. The third-order valence-electron chi connectivity index (χ3n) is 5.85. The molecule has 0 heterocycles. The second-order valence-corrected chi connectivity index (χ2v) is 7.97. The molecule has 1 unspecified atom stereocenters. The van der Waals surface area contributed by atoms with Crippen LogP contribution in [0.25, 0.3) is 0 Å². The minimum atomic E-state index is -0.0558. The molecule has 4 aliphatic carbocycles. The minimum Gasteiger partial charge on any atom is -0.394 e. The molecule has 0 spiro atoms. The Bertz CT molecular complexity index is 338. The molecule has 0 radical (unpaired) electrons. The number of hydrogen-bond acceptors (Lipinski definition) is 2. The number of aliphatic hydroxyl groups is 1. The number of carbonyl (C=O) groups is 1. The third kappa shape index (κ3) is 2.74. The van der Waals surface area contributed by atoms with E-state index in [-0.39, 0.29) is 24.5 Å². The normalized spacial score (nSPS) is 40.1. The zero-order valence-corrected chi connectivity index (χ0v) is 12.8. The van der Waals surface area contributed by atoms with Crippen LogP contribution in [-0.2, 0) is 4.79 Å². The van der Waals surface area contributed by atoms with E-state index in [2.05, 4.69) is 19.2 Å². The highest BCUT2D eigenvalue weighted by Gasteiger charge is 2.50. The number of amides is 1. The fourth-order valence-corrected chi connectivity index (χ4v) is 5.40. The number of carbonyl (C=O) groups excluding carboxylic acids is 1. The summed E-state index contributed by atoms with van der Waals surface area (Å²) in [5.74, 6) is 4.06. The Kier molecular flexibility index (Phi) is 4.07. The van der Waals surface area contributed by atoms with Crippen molar-refractivity contribution in [3.8, 4) is 0 Å². The molecule has 4 saturated carbocycles. The highest BCUT2D eigenvalue weighted by atomic mass is 16.3. The highest BCUT2D eigenvalue weighted by Crippen LogP contribution is 2.56. The van der Waals surface area contributed by atoms with Crippen molar-refractivity contribution in [2.45, 2.75) is 58.4 Å². The zero-order valence-electron chi connectivity index (χ0n) is 12.8. The van der Waals surface area contributed by atoms with Gasteiger partial charge in [0.15, 0.2) is 0 Å². The number of hydrogen-bond donors (Lipinski definition) is 2. The van der Waals surface area contributed by atoms with E-state index in [1.807, 2.05) is 0 Å². The maximum Gasteiger partial charge on any atom is 0.223 e. The van der Waals surface area contributed by atoms with Gasteiger partial charge >= 0.3 is 0 Å². The van der Waals surface area contributed by atoms with Crippen molar-refractivity contribution in [3.05, 3.63) is 0 Å². The van der Waals surface area contributed by atoms with Crippen molar-refractivity contribution in [2.75, 3.05) is 6.61 Å². The van der Waals surface area contributed by atoms with Crippen molar-refractivity contribution in [1.82, 2.24) is 5.32 Å². The van der Waals surface area contributed by atoms with Gasteiger partial charge in [0, 0.05) is 5.92 Å². The Morgan fingerprint density at radius 3 is 2.10 bits per heavy atom. The van der Waals surface area contributed by atoms with Crippen molar-refractivity contribution in [2.24, 2.45) is 35.5 Å². The molecular weight excluding hydrogens is 250 g/mol. The number of nitrogens with one attached hydrogen (secondary N) is 1. The summed E-state index contributed by atoms with van der Waals surface area (Å²) in [6, 6.07) is -0.0558. The Balaban J connectivity index is 1.62. The van der Waals surface area contributed by atoms with Crippen LogP contribution in [0.3, 0.4) is 0 Å². The van der Waals surface area contributed by atoms with Gasteiger partial charge < -0.3 is 10.4 Å². The van der Waals surface area contributed by atoms with Crippen LogP contribution >= 0.6 is 0 Å². The molecule has 20 heavy (non-hydrogen) atoms. The van der Waals surface area contributed by atoms with Crippen molar-refractivity contribution < 1.29 is 9.90 Å². The van der Waals surface area contributed by atoms with Gasteiger partial charge in [0.2, 0.25) is 5.91 Å². The van der Waals surface area contributed by atoms with Crippen LogP contribution in [0.1, 0.15) is 52.4 Å². The minimum absolute atomic E-state index is 0.0558. The molecule has 0 aromatic rings. The van der Waals surface area contributed by atoms with Crippen LogP contribution in [0.5, 0.6) is 0 Å². The van der Waals surface area contributed by atoms with Crippen molar-refractivity contribution >= 4 is 5.91 Å². The standard InChI is InChI=1S/C17H29NO2/c1-10(2)3-15(9-19)18-17(20)16-13-5-11-4-12(7-13)8-14(16)6-11/h10-16,19H,3-9H2,1-2H3,(H,18,20). The van der Waals surface area contributed by atoms with Crippen molar-refractivity contribution in [3.63, 3.8) is 0 Å². The van der Waals surface area contributed by atoms with E-state index in [1.54, 1.807) is 0 Å². The summed E-state index contributed by atoms with van der Waals surface area (Å²) in [7, 11) is 0. The van der Waals surface area contributed by atoms with Gasteiger partial charge in [-0.25, -0.2) is 0 Å². The van der Waals surface area contributed by atoms with E-state index >= 15 is 0 Å². The third-order valence-corrected chi connectivity index (χ3v) is 5.85. The summed E-state index contributed by atoms with van der Waals surface area (Å²) < 4.78 is 0. The summed E-state index contributed by atoms with van der Waals surface area (Å²) in [6.45, 7) is 4.34. The zero-order chi connectivity index (χ0) is 14.3. The van der Waals surface area contributed by atoms with E-state index in [1.165, 1.54) is 32.1 Å². The summed E-state index contributed by atoms with van der Waals surface area (Å²) in [5, 5.41) is 12.6. The topological polar surface area (TPSA) is 49.3 Å². The van der Waals surface area contributed by atoms with Crippen LogP contribution in [-0.4, -0.2) is 23.7 Å². The summed E-state index contributed by atoms with van der Waals surface area (Å²) >= 11 is 0. The molecule has 3 heteroatoms. The molecule has 3 nitrogen and oxygen atoms in total. The number of rotatable bonds is 5. The molecule has 0 aromatic carbocycles. The van der Waals surface area contributed by atoms with Gasteiger partial charge in [0.05, 0.1) is 12.6 Å². The van der Waals surface area contributed by atoms with Crippen LogP contribution in [0.4, 0.5) is 0 Å². The Hall–Kier alpha value is -0.570. The second-order valence-electron chi connectivity index (χ2n) is 7.97. The predicted octanol–water partition coefficient (Wildman–Crippen LogP) is 2.58. The monoisotopic (exact) mass is 279 g/mol. The second kappa shape index (κ2) is 5.67. The molecule has 0 aromatic heterocycles. The summed E-state index contributed by atoms with van der Waals surface area (Å²) in [6.07, 6.45) is 7.40. The van der Waals surface area contributed by atoms with Gasteiger partial charge in [-0.05, 0) is 68.1 Å². The lowest BCUT2D eigenvalue weighted by atomic mass is 9.51. The van der Waals surface area contributed by atoms with E-state index in [0.29, 0.717) is 17.8 Å². The number of aliphatic hydroxyl groups excluding tert-OH is 1. The maximum absolute atomic E-state index is 12.7. The fraction of sp³-hybridized carbons (Fsp3) is 0.941. The SMILES string of the molecule is CC(C)CC(CO)NC(=O)C1C2CC3CC(C2)CC1C3.